The molecule has 0 bridgehead atoms. The lowest BCUT2D eigenvalue weighted by molar-refractivity contribution is -0.136. The molecule has 142 valence electrons. The summed E-state index contributed by atoms with van der Waals surface area (Å²) in [5.41, 5.74) is 5.55. The molecule has 1 unspecified atom stereocenters. The molecule has 0 aromatic carbocycles. The topological polar surface area (TPSA) is 79.1 Å². The van der Waals surface area contributed by atoms with Crippen molar-refractivity contribution >= 4 is 36.6 Å². The Morgan fingerprint density at radius 2 is 1.50 bits per heavy atom. The molecule has 2 aliphatic heterocycles. The SMILES string of the molecule is COC(CN)CC(=O)N1CCN(CC(=O)N2CCCC2)CC1.Cl.Cl. The number of methoxy groups -OCH3 is 1. The van der Waals surface area contributed by atoms with E-state index in [0.29, 0.717) is 32.6 Å². The molecule has 2 N–H and O–H groups in total. The minimum atomic E-state index is -0.206. The van der Waals surface area contributed by atoms with Crippen LogP contribution in [0.4, 0.5) is 0 Å². The van der Waals surface area contributed by atoms with E-state index >= 15 is 0 Å². The quantitative estimate of drug-likeness (QED) is 0.694. The minimum absolute atomic E-state index is 0. The van der Waals surface area contributed by atoms with Gasteiger partial charge in [-0.05, 0) is 12.8 Å². The first kappa shape index (κ1) is 23.4. The Labute approximate surface area is 156 Å². The Balaban J connectivity index is 0.00000264. The normalized spacial score (nSPS) is 19.4. The number of carbonyl (C=O) groups is 2. The molecular weight excluding hydrogens is 355 g/mol. The summed E-state index contributed by atoms with van der Waals surface area (Å²) in [7, 11) is 1.58. The molecule has 2 amide bonds. The van der Waals surface area contributed by atoms with Crippen molar-refractivity contribution in [3.8, 4) is 0 Å². The van der Waals surface area contributed by atoms with Gasteiger partial charge in [0, 0.05) is 52.9 Å². The van der Waals surface area contributed by atoms with Crippen LogP contribution in [0, 0.1) is 0 Å². The molecule has 0 aromatic rings. The Morgan fingerprint density at radius 3 is 2.00 bits per heavy atom. The molecule has 0 spiro atoms. The largest absolute Gasteiger partial charge is 0.380 e. The van der Waals surface area contributed by atoms with Gasteiger partial charge in [-0.1, -0.05) is 0 Å². The molecule has 2 heterocycles. The third kappa shape index (κ3) is 6.72. The first-order valence-corrected chi connectivity index (χ1v) is 8.14. The Hall–Kier alpha value is -0.600. The monoisotopic (exact) mass is 384 g/mol. The highest BCUT2D eigenvalue weighted by Crippen LogP contribution is 2.10. The first-order chi connectivity index (χ1) is 10.6. The molecule has 2 rings (SSSR count). The number of hydrogen-bond donors (Lipinski definition) is 1. The molecule has 0 aliphatic carbocycles. The van der Waals surface area contributed by atoms with E-state index in [1.807, 2.05) is 9.80 Å². The molecule has 2 fully saturated rings. The van der Waals surface area contributed by atoms with Crippen molar-refractivity contribution in [2.75, 3.05) is 59.5 Å². The van der Waals surface area contributed by atoms with E-state index in [1.165, 1.54) is 0 Å². The fourth-order valence-corrected chi connectivity index (χ4v) is 3.00. The minimum Gasteiger partial charge on any atom is -0.380 e. The van der Waals surface area contributed by atoms with Gasteiger partial charge in [-0.15, -0.1) is 24.8 Å². The zero-order valence-electron chi connectivity index (χ0n) is 14.3. The average molecular weight is 385 g/mol. The van der Waals surface area contributed by atoms with Crippen molar-refractivity contribution in [2.45, 2.75) is 25.4 Å². The molecule has 0 radical (unpaired) electrons. The van der Waals surface area contributed by atoms with Gasteiger partial charge in [0.15, 0.2) is 0 Å². The van der Waals surface area contributed by atoms with Crippen LogP contribution in [0.25, 0.3) is 0 Å². The van der Waals surface area contributed by atoms with Gasteiger partial charge in [-0.25, -0.2) is 0 Å². The van der Waals surface area contributed by atoms with Crippen LogP contribution in [0.2, 0.25) is 0 Å². The van der Waals surface area contributed by atoms with E-state index in [9.17, 15) is 9.59 Å². The van der Waals surface area contributed by atoms with Crippen LogP contribution < -0.4 is 5.73 Å². The number of likely N-dealkylation sites (tertiary alicyclic amines) is 1. The van der Waals surface area contributed by atoms with Crippen LogP contribution in [-0.4, -0.2) is 92.1 Å². The lowest BCUT2D eigenvalue weighted by Crippen LogP contribution is -2.52. The van der Waals surface area contributed by atoms with Crippen LogP contribution in [-0.2, 0) is 14.3 Å². The van der Waals surface area contributed by atoms with Crippen LogP contribution in [0.3, 0.4) is 0 Å². The number of amides is 2. The highest BCUT2D eigenvalue weighted by molar-refractivity contribution is 5.85. The summed E-state index contributed by atoms with van der Waals surface area (Å²) in [4.78, 5) is 30.2. The Kier molecular flexibility index (Phi) is 11.6. The summed E-state index contributed by atoms with van der Waals surface area (Å²) in [6.45, 7) is 5.49. The van der Waals surface area contributed by atoms with Crippen molar-refractivity contribution < 1.29 is 14.3 Å². The van der Waals surface area contributed by atoms with E-state index in [0.717, 1.165) is 39.0 Å². The van der Waals surface area contributed by atoms with Crippen LogP contribution in [0.5, 0.6) is 0 Å². The first-order valence-electron chi connectivity index (χ1n) is 8.14. The van der Waals surface area contributed by atoms with Gasteiger partial charge in [-0.3, -0.25) is 14.5 Å². The van der Waals surface area contributed by atoms with Crippen molar-refractivity contribution in [3.05, 3.63) is 0 Å². The van der Waals surface area contributed by atoms with Crippen LogP contribution in [0.15, 0.2) is 0 Å². The fraction of sp³-hybridized carbons (Fsp3) is 0.867. The summed E-state index contributed by atoms with van der Waals surface area (Å²) < 4.78 is 5.16. The predicted molar refractivity (Wildman–Crippen MR) is 97.8 cm³/mol. The van der Waals surface area contributed by atoms with Crippen LogP contribution >= 0.6 is 24.8 Å². The Morgan fingerprint density at radius 1 is 0.958 bits per heavy atom. The maximum absolute atomic E-state index is 12.2. The second-order valence-electron chi connectivity index (χ2n) is 6.04. The summed E-state index contributed by atoms with van der Waals surface area (Å²) in [6.07, 6.45) is 2.37. The third-order valence-corrected chi connectivity index (χ3v) is 4.54. The average Bonchev–Trinajstić information content (AvgIpc) is 3.07. The third-order valence-electron chi connectivity index (χ3n) is 4.54. The molecule has 2 saturated heterocycles. The van der Waals surface area contributed by atoms with E-state index in [4.69, 9.17) is 10.5 Å². The molecule has 9 heteroatoms. The van der Waals surface area contributed by atoms with Gasteiger partial charge in [0.05, 0.1) is 19.1 Å². The number of ether oxygens (including phenoxy) is 1. The van der Waals surface area contributed by atoms with Gasteiger partial charge in [0.1, 0.15) is 0 Å². The van der Waals surface area contributed by atoms with E-state index < -0.39 is 0 Å². The Bertz CT molecular complexity index is 383. The maximum atomic E-state index is 12.2. The van der Waals surface area contributed by atoms with Gasteiger partial charge in [0.25, 0.3) is 0 Å². The van der Waals surface area contributed by atoms with Crippen molar-refractivity contribution in [1.29, 1.82) is 0 Å². The number of hydrogen-bond acceptors (Lipinski definition) is 5. The van der Waals surface area contributed by atoms with Gasteiger partial charge >= 0.3 is 0 Å². The number of nitrogens with two attached hydrogens (primary N) is 1. The molecule has 24 heavy (non-hydrogen) atoms. The summed E-state index contributed by atoms with van der Waals surface area (Å²) in [6, 6.07) is 0. The predicted octanol–water partition coefficient (Wildman–Crippen LogP) is -0.0396. The lowest BCUT2D eigenvalue weighted by atomic mass is 10.2. The van der Waals surface area contributed by atoms with Crippen molar-refractivity contribution in [3.63, 3.8) is 0 Å². The van der Waals surface area contributed by atoms with E-state index in [1.54, 1.807) is 7.11 Å². The molecule has 0 saturated carbocycles. The molecule has 1 atom stereocenters. The molecule has 0 aromatic heterocycles. The number of carbonyl (C=O) groups excluding carboxylic acids is 2. The van der Waals surface area contributed by atoms with Crippen LogP contribution in [0.1, 0.15) is 19.3 Å². The van der Waals surface area contributed by atoms with E-state index in [-0.39, 0.29) is 42.7 Å². The fourth-order valence-electron chi connectivity index (χ4n) is 3.00. The van der Waals surface area contributed by atoms with E-state index in [2.05, 4.69) is 4.90 Å². The van der Waals surface area contributed by atoms with Gasteiger partial charge < -0.3 is 20.3 Å². The zero-order valence-corrected chi connectivity index (χ0v) is 15.9. The van der Waals surface area contributed by atoms with Crippen molar-refractivity contribution in [2.24, 2.45) is 5.73 Å². The van der Waals surface area contributed by atoms with Gasteiger partial charge in [0.2, 0.25) is 11.8 Å². The zero-order chi connectivity index (χ0) is 15.9. The second-order valence-corrected chi connectivity index (χ2v) is 6.04. The number of piperazine rings is 1. The maximum Gasteiger partial charge on any atom is 0.236 e. The molecule has 7 nitrogen and oxygen atoms in total. The van der Waals surface area contributed by atoms with Crippen molar-refractivity contribution in [1.82, 2.24) is 14.7 Å². The number of halogens is 2. The second kappa shape index (κ2) is 11.9. The number of rotatable bonds is 6. The lowest BCUT2D eigenvalue weighted by Gasteiger charge is -2.35. The highest BCUT2D eigenvalue weighted by Gasteiger charge is 2.26. The standard InChI is InChI=1S/C15H28N4O3.2ClH/c1-22-13(11-16)10-14(20)19-8-6-17(7-9-19)12-15(21)18-4-2-3-5-18;;/h13H,2-12,16H2,1H3;2*1H. The summed E-state index contributed by atoms with van der Waals surface area (Å²) in [5, 5.41) is 0. The number of nitrogens with zero attached hydrogens (tertiary/aromatic N) is 3. The van der Waals surface area contributed by atoms with Gasteiger partial charge in [-0.2, -0.15) is 0 Å². The summed E-state index contributed by atoms with van der Waals surface area (Å²) in [5.74, 6) is 0.308. The highest BCUT2D eigenvalue weighted by atomic mass is 35.5. The smallest absolute Gasteiger partial charge is 0.236 e. The molecular formula is C15H30Cl2N4O3. The molecule has 2 aliphatic rings. The summed E-state index contributed by atoms with van der Waals surface area (Å²) >= 11 is 0.